The number of benzene rings is 1. The van der Waals surface area contributed by atoms with Gasteiger partial charge in [-0.05, 0) is 50.9 Å². The minimum absolute atomic E-state index is 0.0201. The Labute approximate surface area is 244 Å². The van der Waals surface area contributed by atoms with Crippen molar-refractivity contribution in [3.05, 3.63) is 64.7 Å². The third-order valence-electron chi connectivity index (χ3n) is 8.16. The summed E-state index contributed by atoms with van der Waals surface area (Å²) >= 11 is 0. The molecule has 2 saturated heterocycles. The lowest BCUT2D eigenvalue weighted by Gasteiger charge is -2.40. The zero-order chi connectivity index (χ0) is 30.4. The molecule has 3 aromatic heterocycles. The van der Waals surface area contributed by atoms with E-state index >= 15 is 4.39 Å². The molecule has 0 unspecified atom stereocenters. The molecule has 1 aromatic carbocycles. The van der Waals surface area contributed by atoms with E-state index in [1.165, 1.54) is 29.2 Å². The number of rotatable bonds is 6. The van der Waals surface area contributed by atoms with Gasteiger partial charge in [0.25, 0.3) is 5.91 Å². The molecule has 13 heteroatoms. The van der Waals surface area contributed by atoms with Gasteiger partial charge in [0.15, 0.2) is 17.3 Å². The van der Waals surface area contributed by atoms with Gasteiger partial charge in [-0.3, -0.25) is 9.59 Å². The Morgan fingerprint density at radius 3 is 2.67 bits per heavy atom. The van der Waals surface area contributed by atoms with Crippen LogP contribution < -0.4 is 15.2 Å². The number of H-pyrrole nitrogens is 1. The predicted molar refractivity (Wildman–Crippen MR) is 156 cm³/mol. The van der Waals surface area contributed by atoms with Crippen LogP contribution in [0.25, 0.3) is 33.2 Å². The summed E-state index contributed by atoms with van der Waals surface area (Å²) in [6, 6.07) is 6.54. The first-order chi connectivity index (χ1) is 20.6. The number of halogens is 3. The number of amides is 1. The quantitative estimate of drug-likeness (QED) is 0.337. The molecule has 0 spiro atoms. The summed E-state index contributed by atoms with van der Waals surface area (Å²) < 4.78 is 50.4. The van der Waals surface area contributed by atoms with Gasteiger partial charge in [-0.25, -0.2) is 18.2 Å². The van der Waals surface area contributed by atoms with E-state index in [-0.39, 0.29) is 65.5 Å². The molecule has 43 heavy (non-hydrogen) atoms. The fraction of sp³-hybridized carbons (Fsp3) is 0.367. The summed E-state index contributed by atoms with van der Waals surface area (Å²) in [6.45, 7) is 6.86. The Morgan fingerprint density at radius 1 is 1.14 bits per heavy atom. The molecule has 2 aliphatic rings. The number of pyridine rings is 2. The number of ether oxygens (including phenoxy) is 1. The van der Waals surface area contributed by atoms with Crippen LogP contribution in [-0.4, -0.2) is 87.6 Å². The fourth-order valence-electron chi connectivity index (χ4n) is 5.91. The molecule has 10 nitrogen and oxygen atoms in total. The van der Waals surface area contributed by atoms with E-state index < -0.39 is 28.9 Å². The van der Waals surface area contributed by atoms with Crippen LogP contribution in [0.15, 0.2) is 47.5 Å². The number of aromatic amines is 1. The maximum Gasteiger partial charge on any atom is 0.320 e. The van der Waals surface area contributed by atoms with Crippen LogP contribution in [0.1, 0.15) is 19.8 Å². The molecule has 1 N–H and O–H groups in total. The summed E-state index contributed by atoms with van der Waals surface area (Å²) in [5, 5.41) is 0.577. The molecule has 0 radical (unpaired) electrons. The van der Waals surface area contributed by atoms with Crippen molar-refractivity contribution in [2.24, 2.45) is 0 Å². The highest BCUT2D eigenvalue weighted by Gasteiger charge is 2.31. The molecule has 4 aromatic rings. The van der Waals surface area contributed by atoms with Crippen molar-refractivity contribution < 1.29 is 22.7 Å². The van der Waals surface area contributed by atoms with E-state index in [1.54, 1.807) is 6.07 Å². The molecule has 224 valence electrons. The van der Waals surface area contributed by atoms with Crippen LogP contribution in [0.3, 0.4) is 0 Å². The molecule has 2 fully saturated rings. The van der Waals surface area contributed by atoms with Crippen molar-refractivity contribution in [3.63, 3.8) is 0 Å². The standard InChI is InChI=1S/C30H30F3N7O3/c1-16-14-39(29(42)17(2)31)10-11-40(16)28-20-13-22(33)25(26-24-18(12-23(41)34-26)6-4-8-21(24)32)35-27(20)36-30(37-28)43-15-19-7-5-9-38(19)3/h4,6,8,12-13,16,19H,2,5,7,9-11,14-15H2,1,3H3,(H,34,41)/t16-,19-/m0/s1. The van der Waals surface area contributed by atoms with Crippen LogP contribution in [0.2, 0.25) is 0 Å². The second-order valence-electron chi connectivity index (χ2n) is 11.0. The second kappa shape index (κ2) is 11.3. The van der Waals surface area contributed by atoms with Crippen molar-refractivity contribution in [1.29, 1.82) is 0 Å². The van der Waals surface area contributed by atoms with E-state index in [1.807, 2.05) is 18.9 Å². The molecule has 5 heterocycles. The second-order valence-corrected chi connectivity index (χ2v) is 11.0. The topological polar surface area (TPSA) is 108 Å². The van der Waals surface area contributed by atoms with Gasteiger partial charge in [0.1, 0.15) is 23.9 Å². The maximum absolute atomic E-state index is 15.9. The number of fused-ring (bicyclic) bond motifs is 2. The predicted octanol–water partition coefficient (Wildman–Crippen LogP) is 3.80. The van der Waals surface area contributed by atoms with Gasteiger partial charge in [0.2, 0.25) is 5.56 Å². The lowest BCUT2D eigenvalue weighted by atomic mass is 10.1. The normalized spacial score (nSPS) is 19.4. The van der Waals surface area contributed by atoms with Crippen LogP contribution in [0, 0.1) is 11.6 Å². The zero-order valence-corrected chi connectivity index (χ0v) is 23.7. The van der Waals surface area contributed by atoms with E-state index in [2.05, 4.69) is 31.4 Å². The highest BCUT2D eigenvalue weighted by molar-refractivity contribution is 5.96. The number of hydrogen-bond donors (Lipinski definition) is 1. The Kier molecular flexibility index (Phi) is 7.50. The smallest absolute Gasteiger partial charge is 0.320 e. The molecule has 0 saturated carbocycles. The SMILES string of the molecule is C=C(F)C(=O)N1CCN(c2nc(OC[C@@H]3CCCN3C)nc3nc(-c4[nH]c(=O)cc5cccc(F)c45)c(F)cc23)[C@@H](C)C1. The molecular formula is C30H30F3N7O3. The van der Waals surface area contributed by atoms with Crippen molar-refractivity contribution in [2.75, 3.05) is 44.7 Å². The molecule has 2 atom stereocenters. The van der Waals surface area contributed by atoms with Crippen LogP contribution in [-0.2, 0) is 4.79 Å². The molecule has 0 bridgehead atoms. The number of nitrogens with zero attached hydrogens (tertiary/aromatic N) is 6. The molecule has 0 aliphatic carbocycles. The van der Waals surface area contributed by atoms with Crippen LogP contribution >= 0.6 is 0 Å². The van der Waals surface area contributed by atoms with Crippen molar-refractivity contribution in [1.82, 2.24) is 29.7 Å². The minimum Gasteiger partial charge on any atom is -0.462 e. The lowest BCUT2D eigenvalue weighted by Crippen LogP contribution is -2.54. The highest BCUT2D eigenvalue weighted by atomic mass is 19.1. The number of carbonyl (C=O) groups is 1. The number of piperazine rings is 1. The van der Waals surface area contributed by atoms with Crippen LogP contribution in [0.5, 0.6) is 6.01 Å². The largest absolute Gasteiger partial charge is 0.462 e. The summed E-state index contributed by atoms with van der Waals surface area (Å²) in [6.07, 6.45) is 2.00. The molecule has 1 amide bonds. The number of likely N-dealkylation sites (N-methyl/N-ethyl adjacent to an activating group) is 1. The van der Waals surface area contributed by atoms with Gasteiger partial charge < -0.3 is 24.4 Å². The van der Waals surface area contributed by atoms with Gasteiger partial charge >= 0.3 is 6.01 Å². The van der Waals surface area contributed by atoms with E-state index in [0.29, 0.717) is 17.8 Å². The third-order valence-corrected chi connectivity index (χ3v) is 8.16. The maximum atomic E-state index is 15.9. The summed E-state index contributed by atoms with van der Waals surface area (Å²) in [5.74, 6) is -2.95. The van der Waals surface area contributed by atoms with E-state index in [9.17, 15) is 18.4 Å². The Hall–Kier alpha value is -4.52. The number of hydrogen-bond acceptors (Lipinski definition) is 8. The number of aromatic nitrogens is 4. The number of carbonyl (C=O) groups excluding carboxylic acids is 1. The van der Waals surface area contributed by atoms with Gasteiger partial charge in [-0.15, -0.1) is 0 Å². The Bertz CT molecular complexity index is 1810. The summed E-state index contributed by atoms with van der Waals surface area (Å²) in [7, 11) is 2.02. The molecule has 6 rings (SSSR count). The number of anilines is 1. The molecular weight excluding hydrogens is 563 g/mol. The highest BCUT2D eigenvalue weighted by Crippen LogP contribution is 2.34. The summed E-state index contributed by atoms with van der Waals surface area (Å²) in [5.41, 5.74) is -0.855. The van der Waals surface area contributed by atoms with Gasteiger partial charge in [-0.1, -0.05) is 18.7 Å². The first kappa shape index (κ1) is 28.6. The minimum atomic E-state index is -1.04. The fourth-order valence-corrected chi connectivity index (χ4v) is 5.91. The lowest BCUT2D eigenvalue weighted by molar-refractivity contribution is -0.129. The van der Waals surface area contributed by atoms with E-state index in [0.717, 1.165) is 19.4 Å². The zero-order valence-electron chi connectivity index (χ0n) is 23.7. The average Bonchev–Trinajstić information content (AvgIpc) is 3.39. The van der Waals surface area contributed by atoms with Gasteiger partial charge in [0, 0.05) is 43.2 Å². The van der Waals surface area contributed by atoms with E-state index in [4.69, 9.17) is 4.74 Å². The molecule has 2 aliphatic heterocycles. The first-order valence-corrected chi connectivity index (χ1v) is 14.0. The van der Waals surface area contributed by atoms with Crippen LogP contribution in [0.4, 0.5) is 19.0 Å². The van der Waals surface area contributed by atoms with Gasteiger partial charge in [0.05, 0.1) is 11.1 Å². The first-order valence-electron chi connectivity index (χ1n) is 14.0. The van der Waals surface area contributed by atoms with Crippen molar-refractivity contribution in [2.45, 2.75) is 31.8 Å². The Balaban J connectivity index is 1.46. The van der Waals surface area contributed by atoms with Gasteiger partial charge in [-0.2, -0.15) is 9.97 Å². The monoisotopic (exact) mass is 593 g/mol. The Morgan fingerprint density at radius 2 is 1.95 bits per heavy atom. The summed E-state index contributed by atoms with van der Waals surface area (Å²) in [4.78, 5) is 46.2. The van der Waals surface area contributed by atoms with Crippen molar-refractivity contribution in [3.8, 4) is 17.4 Å². The average molecular weight is 594 g/mol. The number of likely N-dealkylation sites (tertiary alicyclic amines) is 1. The third kappa shape index (κ3) is 5.40. The van der Waals surface area contributed by atoms with Crippen molar-refractivity contribution >= 4 is 33.5 Å². The number of nitrogens with one attached hydrogen (secondary N) is 1.